The minimum Gasteiger partial charge on any atom is -0.490 e. The van der Waals surface area contributed by atoms with Gasteiger partial charge in [-0.05, 0) is 36.6 Å². The number of ether oxygens (including phenoxy) is 2. The van der Waals surface area contributed by atoms with Gasteiger partial charge in [-0.3, -0.25) is 9.59 Å². The number of hydrogen-bond acceptors (Lipinski definition) is 5. The number of thiophene rings is 1. The Balaban J connectivity index is 2.11. The minimum atomic E-state index is -0.354. The SMILES string of the molecule is CCOc1cc(C=O)ccc1OC(=O)Cc1cccs1. The van der Waals surface area contributed by atoms with E-state index >= 15 is 0 Å². The zero-order valence-corrected chi connectivity index (χ0v) is 11.8. The highest BCUT2D eigenvalue weighted by molar-refractivity contribution is 7.10. The van der Waals surface area contributed by atoms with Crippen LogP contribution in [-0.2, 0) is 11.2 Å². The summed E-state index contributed by atoms with van der Waals surface area (Å²) in [6, 6.07) is 8.48. The second-order valence-electron chi connectivity index (χ2n) is 3.99. The van der Waals surface area contributed by atoms with Crippen molar-refractivity contribution in [3.8, 4) is 11.5 Å². The molecule has 0 amide bonds. The van der Waals surface area contributed by atoms with Crippen molar-refractivity contribution in [2.45, 2.75) is 13.3 Å². The van der Waals surface area contributed by atoms with Crippen LogP contribution in [-0.4, -0.2) is 18.9 Å². The number of esters is 1. The Morgan fingerprint density at radius 2 is 2.15 bits per heavy atom. The summed E-state index contributed by atoms with van der Waals surface area (Å²) >= 11 is 1.50. The molecule has 0 bridgehead atoms. The van der Waals surface area contributed by atoms with Gasteiger partial charge in [0.05, 0.1) is 13.0 Å². The van der Waals surface area contributed by atoms with E-state index in [1.54, 1.807) is 18.2 Å². The van der Waals surface area contributed by atoms with Crippen molar-refractivity contribution in [2.75, 3.05) is 6.61 Å². The number of rotatable bonds is 6. The molecule has 2 aromatic rings. The van der Waals surface area contributed by atoms with Gasteiger partial charge in [0.2, 0.25) is 0 Å². The highest BCUT2D eigenvalue weighted by Crippen LogP contribution is 2.28. The quantitative estimate of drug-likeness (QED) is 0.466. The average molecular weight is 290 g/mol. The van der Waals surface area contributed by atoms with E-state index in [2.05, 4.69) is 0 Å². The molecule has 0 spiro atoms. The van der Waals surface area contributed by atoms with Gasteiger partial charge >= 0.3 is 5.97 Å². The number of carbonyl (C=O) groups is 2. The van der Waals surface area contributed by atoms with E-state index in [9.17, 15) is 9.59 Å². The van der Waals surface area contributed by atoms with Crippen LogP contribution in [0, 0.1) is 0 Å². The van der Waals surface area contributed by atoms with Crippen LogP contribution in [0.25, 0.3) is 0 Å². The molecule has 0 saturated carbocycles. The Hall–Kier alpha value is -2.14. The van der Waals surface area contributed by atoms with Gasteiger partial charge in [0.1, 0.15) is 6.29 Å². The lowest BCUT2D eigenvalue weighted by Gasteiger charge is -2.10. The van der Waals surface area contributed by atoms with Crippen molar-refractivity contribution in [1.29, 1.82) is 0 Å². The van der Waals surface area contributed by atoms with Gasteiger partial charge in [-0.1, -0.05) is 6.07 Å². The second-order valence-corrected chi connectivity index (χ2v) is 5.02. The van der Waals surface area contributed by atoms with E-state index in [-0.39, 0.29) is 12.4 Å². The fourth-order valence-electron chi connectivity index (χ4n) is 1.66. The van der Waals surface area contributed by atoms with Crippen LogP contribution in [0.3, 0.4) is 0 Å². The van der Waals surface area contributed by atoms with Gasteiger partial charge in [0, 0.05) is 10.4 Å². The van der Waals surface area contributed by atoms with Crippen LogP contribution in [0.5, 0.6) is 11.5 Å². The summed E-state index contributed by atoms with van der Waals surface area (Å²) in [5.74, 6) is 0.378. The van der Waals surface area contributed by atoms with Crippen LogP contribution < -0.4 is 9.47 Å². The summed E-state index contributed by atoms with van der Waals surface area (Å²) in [5, 5.41) is 1.91. The summed E-state index contributed by atoms with van der Waals surface area (Å²) < 4.78 is 10.7. The van der Waals surface area contributed by atoms with Crippen molar-refractivity contribution in [3.63, 3.8) is 0 Å². The van der Waals surface area contributed by atoms with E-state index in [1.165, 1.54) is 11.3 Å². The third-order valence-corrected chi connectivity index (χ3v) is 3.40. The predicted molar refractivity (Wildman–Crippen MR) is 76.7 cm³/mol. The standard InChI is InChI=1S/C15H14O4S/c1-2-18-14-8-11(10-16)5-6-13(14)19-15(17)9-12-4-3-7-20-12/h3-8,10H,2,9H2,1H3. The maximum absolute atomic E-state index is 11.9. The maximum Gasteiger partial charge on any atom is 0.316 e. The van der Waals surface area contributed by atoms with Crippen LogP contribution in [0.15, 0.2) is 35.7 Å². The molecular formula is C15H14O4S. The highest BCUT2D eigenvalue weighted by atomic mass is 32.1. The first-order valence-electron chi connectivity index (χ1n) is 6.18. The van der Waals surface area contributed by atoms with Gasteiger partial charge < -0.3 is 9.47 Å². The van der Waals surface area contributed by atoms with Crippen molar-refractivity contribution >= 4 is 23.6 Å². The Morgan fingerprint density at radius 1 is 1.30 bits per heavy atom. The highest BCUT2D eigenvalue weighted by Gasteiger charge is 2.12. The molecule has 0 fully saturated rings. The Kier molecular flexibility index (Phi) is 4.90. The van der Waals surface area contributed by atoms with Crippen LogP contribution in [0.1, 0.15) is 22.2 Å². The monoisotopic (exact) mass is 290 g/mol. The molecule has 2 rings (SSSR count). The predicted octanol–water partition coefficient (Wildman–Crippen LogP) is 3.11. The smallest absolute Gasteiger partial charge is 0.316 e. The van der Waals surface area contributed by atoms with Crippen molar-refractivity contribution in [2.24, 2.45) is 0 Å². The largest absolute Gasteiger partial charge is 0.490 e. The van der Waals surface area contributed by atoms with Crippen molar-refractivity contribution in [1.82, 2.24) is 0 Å². The molecule has 0 aliphatic carbocycles. The second kappa shape index (κ2) is 6.86. The maximum atomic E-state index is 11.9. The minimum absolute atomic E-state index is 0.221. The number of aldehydes is 1. The molecule has 0 radical (unpaired) electrons. The summed E-state index contributed by atoms with van der Waals surface area (Å²) in [4.78, 5) is 23.5. The first-order chi connectivity index (χ1) is 9.72. The van der Waals surface area contributed by atoms with E-state index in [4.69, 9.17) is 9.47 Å². The molecular weight excluding hydrogens is 276 g/mol. The van der Waals surface area contributed by atoms with Crippen LogP contribution in [0.4, 0.5) is 0 Å². The molecule has 5 heteroatoms. The zero-order chi connectivity index (χ0) is 14.4. The molecule has 104 valence electrons. The molecule has 0 unspecified atom stereocenters. The summed E-state index contributed by atoms with van der Waals surface area (Å²) in [7, 11) is 0. The number of benzene rings is 1. The molecule has 0 aliphatic heterocycles. The third kappa shape index (κ3) is 3.68. The zero-order valence-electron chi connectivity index (χ0n) is 11.0. The lowest BCUT2D eigenvalue weighted by molar-refractivity contribution is -0.133. The summed E-state index contributed by atoms with van der Waals surface area (Å²) in [6.07, 6.45) is 0.943. The molecule has 20 heavy (non-hydrogen) atoms. The van der Waals surface area contributed by atoms with E-state index < -0.39 is 0 Å². The molecule has 4 nitrogen and oxygen atoms in total. The van der Waals surface area contributed by atoms with Gasteiger partial charge in [0.25, 0.3) is 0 Å². The van der Waals surface area contributed by atoms with Crippen molar-refractivity contribution in [3.05, 3.63) is 46.2 Å². The Morgan fingerprint density at radius 3 is 2.80 bits per heavy atom. The van der Waals surface area contributed by atoms with Gasteiger partial charge in [-0.25, -0.2) is 0 Å². The lowest BCUT2D eigenvalue weighted by Crippen LogP contribution is -2.11. The fraction of sp³-hybridized carbons (Fsp3) is 0.200. The summed E-state index contributed by atoms with van der Waals surface area (Å²) in [5.41, 5.74) is 0.478. The molecule has 0 atom stereocenters. The van der Waals surface area contributed by atoms with E-state index in [0.717, 1.165) is 11.2 Å². The molecule has 1 aromatic carbocycles. The summed E-state index contributed by atoms with van der Waals surface area (Å²) in [6.45, 7) is 2.25. The number of carbonyl (C=O) groups excluding carboxylic acids is 2. The molecule has 1 aromatic heterocycles. The topological polar surface area (TPSA) is 52.6 Å². The normalized spacial score (nSPS) is 10.1. The van der Waals surface area contributed by atoms with Crippen LogP contribution >= 0.6 is 11.3 Å². The first-order valence-corrected chi connectivity index (χ1v) is 7.06. The third-order valence-electron chi connectivity index (χ3n) is 2.53. The van der Waals surface area contributed by atoms with Gasteiger partial charge in [-0.15, -0.1) is 11.3 Å². The van der Waals surface area contributed by atoms with E-state index in [1.807, 2.05) is 24.4 Å². The fourth-order valence-corrected chi connectivity index (χ4v) is 2.35. The van der Waals surface area contributed by atoms with E-state index in [0.29, 0.717) is 23.7 Å². The van der Waals surface area contributed by atoms with Gasteiger partial charge in [0.15, 0.2) is 11.5 Å². The van der Waals surface area contributed by atoms with Gasteiger partial charge in [-0.2, -0.15) is 0 Å². The Labute approximate surface area is 121 Å². The molecule has 0 aliphatic rings. The lowest BCUT2D eigenvalue weighted by atomic mass is 10.2. The molecule has 1 heterocycles. The molecule has 0 N–H and O–H groups in total. The molecule has 0 saturated heterocycles. The number of hydrogen-bond donors (Lipinski definition) is 0. The average Bonchev–Trinajstić information content (AvgIpc) is 2.93. The Bertz CT molecular complexity index is 590. The van der Waals surface area contributed by atoms with Crippen LogP contribution in [0.2, 0.25) is 0 Å². The first kappa shape index (κ1) is 14.3. The van der Waals surface area contributed by atoms with Crippen molar-refractivity contribution < 1.29 is 19.1 Å².